The number of carbonyl (C=O) groups excluding carboxylic acids is 1. The van der Waals surface area contributed by atoms with Crippen LogP contribution >= 0.6 is 0 Å². The SMILES string of the molecule is CN(C)C1=NC(C)(NC2CCC(NC(=O)CC3C[C@H]3c3ccccc3)CC2)Nc2ccccc21. The van der Waals surface area contributed by atoms with E-state index in [9.17, 15) is 4.79 Å². The third kappa shape index (κ3) is 5.12. The molecule has 0 radical (unpaired) electrons. The minimum Gasteiger partial charge on any atom is -0.362 e. The molecule has 2 fully saturated rings. The van der Waals surface area contributed by atoms with E-state index >= 15 is 0 Å². The number of amidine groups is 1. The van der Waals surface area contributed by atoms with Gasteiger partial charge in [-0.1, -0.05) is 42.5 Å². The van der Waals surface area contributed by atoms with Gasteiger partial charge in [0, 0.05) is 43.9 Å². The fourth-order valence-electron chi connectivity index (χ4n) is 5.64. The van der Waals surface area contributed by atoms with Gasteiger partial charge in [-0.05, 0) is 68.6 Å². The predicted octanol–water partition coefficient (Wildman–Crippen LogP) is 4.30. The van der Waals surface area contributed by atoms with E-state index in [2.05, 4.69) is 82.4 Å². The number of nitrogens with zero attached hydrogens (tertiary/aromatic N) is 2. The van der Waals surface area contributed by atoms with Crippen molar-refractivity contribution in [2.75, 3.05) is 19.4 Å². The molecule has 3 aliphatic rings. The molecule has 34 heavy (non-hydrogen) atoms. The summed E-state index contributed by atoms with van der Waals surface area (Å²) in [6.45, 7) is 2.11. The van der Waals surface area contributed by atoms with Crippen molar-refractivity contribution in [2.24, 2.45) is 10.9 Å². The number of benzene rings is 2. The van der Waals surface area contributed by atoms with Crippen LogP contribution in [0.2, 0.25) is 0 Å². The summed E-state index contributed by atoms with van der Waals surface area (Å²) in [6.07, 6.45) is 5.87. The number of hydrogen-bond acceptors (Lipinski definition) is 5. The summed E-state index contributed by atoms with van der Waals surface area (Å²) in [5, 5.41) is 10.7. The first-order valence-electron chi connectivity index (χ1n) is 12.7. The average molecular weight is 460 g/mol. The number of para-hydroxylation sites is 1. The van der Waals surface area contributed by atoms with Gasteiger partial charge < -0.3 is 15.5 Å². The highest BCUT2D eigenvalue weighted by atomic mass is 16.1. The van der Waals surface area contributed by atoms with Crippen molar-refractivity contribution in [3.63, 3.8) is 0 Å². The molecule has 1 amide bonds. The third-order valence-electron chi connectivity index (χ3n) is 7.47. The van der Waals surface area contributed by atoms with E-state index in [1.807, 2.05) is 14.1 Å². The molecule has 2 saturated carbocycles. The number of aliphatic imine (C=N–C) groups is 1. The third-order valence-corrected chi connectivity index (χ3v) is 7.47. The van der Waals surface area contributed by atoms with E-state index in [0.717, 1.165) is 49.2 Å². The molecule has 0 aromatic heterocycles. The lowest BCUT2D eigenvalue weighted by molar-refractivity contribution is -0.122. The summed E-state index contributed by atoms with van der Waals surface area (Å²) in [4.78, 5) is 19.8. The van der Waals surface area contributed by atoms with Crippen LogP contribution in [0.3, 0.4) is 0 Å². The van der Waals surface area contributed by atoms with Gasteiger partial charge in [-0.3, -0.25) is 10.1 Å². The molecular weight excluding hydrogens is 422 g/mol. The first-order chi connectivity index (χ1) is 16.4. The topological polar surface area (TPSA) is 68.8 Å². The van der Waals surface area contributed by atoms with E-state index in [1.165, 1.54) is 5.56 Å². The van der Waals surface area contributed by atoms with Crippen LogP contribution in [-0.4, -0.2) is 48.6 Å². The Hall–Kier alpha value is -2.86. The Morgan fingerprint density at radius 2 is 1.71 bits per heavy atom. The zero-order valence-corrected chi connectivity index (χ0v) is 20.6. The standard InChI is InChI=1S/C28H37N5O/c1-28(31-25-12-8-7-11-23(25)27(32-28)33(2)3)30-22-15-13-21(14-16-22)29-26(34)18-20-17-24(20)19-9-5-4-6-10-19/h4-12,20-22,24,30-31H,13-18H2,1-3H3,(H,29,34)/t20?,21?,22?,24-,28?/m0/s1. The van der Waals surface area contributed by atoms with Gasteiger partial charge in [0.1, 0.15) is 5.84 Å². The first kappa shape index (κ1) is 22.9. The maximum atomic E-state index is 12.6. The average Bonchev–Trinajstić information content (AvgIpc) is 3.59. The van der Waals surface area contributed by atoms with Crippen molar-refractivity contribution in [1.29, 1.82) is 0 Å². The van der Waals surface area contributed by atoms with Gasteiger partial charge >= 0.3 is 0 Å². The van der Waals surface area contributed by atoms with Gasteiger partial charge in [-0.2, -0.15) is 0 Å². The van der Waals surface area contributed by atoms with Crippen molar-refractivity contribution in [2.45, 2.75) is 69.2 Å². The normalized spacial score (nSPS) is 29.9. The Bertz CT molecular complexity index is 1040. The molecule has 3 atom stereocenters. The maximum absolute atomic E-state index is 12.6. The van der Waals surface area contributed by atoms with Crippen molar-refractivity contribution in [1.82, 2.24) is 15.5 Å². The van der Waals surface area contributed by atoms with Gasteiger partial charge in [0.2, 0.25) is 5.91 Å². The molecule has 6 heteroatoms. The maximum Gasteiger partial charge on any atom is 0.220 e. The summed E-state index contributed by atoms with van der Waals surface area (Å²) < 4.78 is 0. The monoisotopic (exact) mass is 459 g/mol. The van der Waals surface area contributed by atoms with Crippen LogP contribution in [-0.2, 0) is 4.79 Å². The van der Waals surface area contributed by atoms with Gasteiger partial charge in [0.05, 0.1) is 0 Å². The molecule has 6 nitrogen and oxygen atoms in total. The van der Waals surface area contributed by atoms with Crippen LogP contribution in [0.5, 0.6) is 0 Å². The van der Waals surface area contributed by atoms with Crippen molar-refractivity contribution in [3.8, 4) is 0 Å². The second-order valence-corrected chi connectivity index (χ2v) is 10.6. The molecule has 2 unspecified atom stereocenters. The number of fused-ring (bicyclic) bond motifs is 1. The molecule has 0 saturated heterocycles. The Morgan fingerprint density at radius 1 is 1.03 bits per heavy atom. The van der Waals surface area contributed by atoms with Crippen LogP contribution < -0.4 is 16.0 Å². The Balaban J connectivity index is 1.11. The molecule has 5 rings (SSSR count). The quantitative estimate of drug-likeness (QED) is 0.602. The van der Waals surface area contributed by atoms with E-state index in [0.29, 0.717) is 24.3 Å². The smallest absolute Gasteiger partial charge is 0.220 e. The molecule has 2 aromatic rings. The minimum atomic E-state index is -0.548. The van der Waals surface area contributed by atoms with E-state index in [-0.39, 0.29) is 11.9 Å². The Morgan fingerprint density at radius 3 is 2.44 bits per heavy atom. The molecular formula is C28H37N5O. The second kappa shape index (κ2) is 9.41. The zero-order valence-electron chi connectivity index (χ0n) is 20.6. The fraction of sp³-hybridized carbons (Fsp3) is 0.500. The largest absolute Gasteiger partial charge is 0.362 e. The van der Waals surface area contributed by atoms with Crippen LogP contribution in [0, 0.1) is 5.92 Å². The van der Waals surface area contributed by atoms with Crippen molar-refractivity contribution < 1.29 is 4.79 Å². The first-order valence-corrected chi connectivity index (χ1v) is 12.7. The number of nitrogens with one attached hydrogen (secondary N) is 3. The van der Waals surface area contributed by atoms with E-state index in [1.54, 1.807) is 0 Å². The van der Waals surface area contributed by atoms with Crippen molar-refractivity contribution >= 4 is 17.4 Å². The highest BCUT2D eigenvalue weighted by Gasteiger charge is 2.40. The second-order valence-electron chi connectivity index (χ2n) is 10.6. The molecule has 0 spiro atoms. The molecule has 1 aliphatic heterocycles. The van der Waals surface area contributed by atoms with Crippen LogP contribution in [0.15, 0.2) is 59.6 Å². The summed E-state index contributed by atoms with van der Waals surface area (Å²) in [5.74, 6) is 1.72. The molecule has 0 bridgehead atoms. The number of carbonyl (C=O) groups is 1. The van der Waals surface area contributed by atoms with E-state index < -0.39 is 5.79 Å². The van der Waals surface area contributed by atoms with Gasteiger partial charge in [0.25, 0.3) is 0 Å². The molecule has 2 aliphatic carbocycles. The van der Waals surface area contributed by atoms with Gasteiger partial charge in [-0.25, -0.2) is 4.99 Å². The van der Waals surface area contributed by atoms with Crippen LogP contribution in [0.4, 0.5) is 5.69 Å². The highest BCUT2D eigenvalue weighted by Crippen LogP contribution is 2.49. The van der Waals surface area contributed by atoms with Crippen LogP contribution in [0.1, 0.15) is 62.5 Å². The van der Waals surface area contributed by atoms with Gasteiger partial charge in [-0.15, -0.1) is 0 Å². The molecule has 1 heterocycles. The Kier molecular flexibility index (Phi) is 6.34. The minimum absolute atomic E-state index is 0.220. The Labute approximate surface area is 203 Å². The lowest BCUT2D eigenvalue weighted by Crippen LogP contribution is -2.56. The van der Waals surface area contributed by atoms with E-state index in [4.69, 9.17) is 4.99 Å². The number of anilines is 1. The summed E-state index contributed by atoms with van der Waals surface area (Å²) >= 11 is 0. The lowest BCUT2D eigenvalue weighted by Gasteiger charge is -2.40. The number of hydrogen-bond donors (Lipinski definition) is 3. The highest BCUT2D eigenvalue weighted by molar-refractivity contribution is 6.04. The summed E-state index contributed by atoms with van der Waals surface area (Å²) in [7, 11) is 4.08. The van der Waals surface area contributed by atoms with Crippen LogP contribution in [0.25, 0.3) is 0 Å². The zero-order chi connectivity index (χ0) is 23.7. The summed E-state index contributed by atoms with van der Waals surface area (Å²) in [6, 6.07) is 19.6. The number of amides is 1. The lowest BCUT2D eigenvalue weighted by atomic mass is 9.90. The summed E-state index contributed by atoms with van der Waals surface area (Å²) in [5.41, 5.74) is 3.61. The van der Waals surface area contributed by atoms with Gasteiger partial charge in [0.15, 0.2) is 5.79 Å². The van der Waals surface area contributed by atoms with Crippen molar-refractivity contribution in [3.05, 3.63) is 65.7 Å². The molecule has 3 N–H and O–H groups in total. The molecule has 2 aromatic carbocycles. The fourth-order valence-corrected chi connectivity index (χ4v) is 5.64. The molecule has 180 valence electrons. The number of rotatable bonds is 6. The predicted molar refractivity (Wildman–Crippen MR) is 138 cm³/mol.